The first kappa shape index (κ1) is 14.1. The lowest BCUT2D eigenvalue weighted by Crippen LogP contribution is -1.99. The highest BCUT2D eigenvalue weighted by molar-refractivity contribution is 7.99. The van der Waals surface area contributed by atoms with Crippen LogP contribution in [0.25, 0.3) is 10.9 Å². The van der Waals surface area contributed by atoms with E-state index >= 15 is 0 Å². The summed E-state index contributed by atoms with van der Waals surface area (Å²) in [6, 6.07) is 8.45. The molecule has 19 heavy (non-hydrogen) atoms. The highest BCUT2D eigenvalue weighted by Crippen LogP contribution is 2.24. The van der Waals surface area contributed by atoms with Gasteiger partial charge in [-0.1, -0.05) is 6.92 Å². The Hall–Kier alpha value is -1.33. The molecule has 1 atom stereocenters. The molecule has 0 amide bonds. The highest BCUT2D eigenvalue weighted by Gasteiger charge is 2.08. The number of alkyl halides is 1. The molecule has 1 heterocycles. The van der Waals surface area contributed by atoms with E-state index < -0.39 is 4.92 Å². The first-order chi connectivity index (χ1) is 9.10. The Labute approximate surface area is 120 Å². The van der Waals surface area contributed by atoms with Gasteiger partial charge < -0.3 is 0 Å². The number of fused-ring (bicyclic) bond motifs is 1. The van der Waals surface area contributed by atoms with Crippen LogP contribution in [0.5, 0.6) is 0 Å². The van der Waals surface area contributed by atoms with Crippen molar-refractivity contribution in [3.05, 3.63) is 40.4 Å². The van der Waals surface area contributed by atoms with Crippen LogP contribution in [0.4, 0.5) is 5.69 Å². The molecule has 0 aliphatic rings. The molecule has 0 saturated carbocycles. The zero-order chi connectivity index (χ0) is 13.8. The van der Waals surface area contributed by atoms with E-state index in [0.717, 1.165) is 21.7 Å². The van der Waals surface area contributed by atoms with Crippen molar-refractivity contribution < 1.29 is 4.92 Å². The van der Waals surface area contributed by atoms with Crippen LogP contribution in [0, 0.1) is 16.0 Å². The Kier molecular flexibility index (Phi) is 4.61. The van der Waals surface area contributed by atoms with Crippen molar-refractivity contribution in [3.8, 4) is 0 Å². The summed E-state index contributed by atoms with van der Waals surface area (Å²) in [4.78, 5) is 14.8. The number of hydrogen-bond donors (Lipinski definition) is 0. The molecular formula is C13H13ClN2O2S. The number of benzene rings is 1. The first-order valence-corrected chi connectivity index (χ1v) is 7.36. The third-order valence-corrected chi connectivity index (χ3v) is 4.42. The van der Waals surface area contributed by atoms with Gasteiger partial charge in [-0.15, -0.1) is 23.4 Å². The van der Waals surface area contributed by atoms with Gasteiger partial charge in [0.2, 0.25) is 0 Å². The summed E-state index contributed by atoms with van der Waals surface area (Å²) < 4.78 is 0. The van der Waals surface area contributed by atoms with Crippen LogP contribution in [0.2, 0.25) is 0 Å². The van der Waals surface area contributed by atoms with E-state index in [2.05, 4.69) is 11.9 Å². The van der Waals surface area contributed by atoms with Crippen LogP contribution >= 0.6 is 23.4 Å². The molecule has 0 bridgehead atoms. The topological polar surface area (TPSA) is 56.0 Å². The molecule has 1 aromatic carbocycles. The number of rotatable bonds is 5. The predicted molar refractivity (Wildman–Crippen MR) is 79.0 cm³/mol. The Morgan fingerprint density at radius 2 is 2.21 bits per heavy atom. The van der Waals surface area contributed by atoms with Gasteiger partial charge >= 0.3 is 0 Å². The van der Waals surface area contributed by atoms with E-state index in [1.807, 2.05) is 12.1 Å². The van der Waals surface area contributed by atoms with Gasteiger partial charge in [0.25, 0.3) is 5.69 Å². The van der Waals surface area contributed by atoms with E-state index in [1.165, 1.54) is 12.1 Å². The van der Waals surface area contributed by atoms with E-state index in [0.29, 0.717) is 11.8 Å². The van der Waals surface area contributed by atoms with Gasteiger partial charge in [0, 0.05) is 29.2 Å². The number of aromatic nitrogens is 1. The SMILES string of the molecule is CC(CCl)CSc1ccc2cc([N+](=O)[O-])ccc2n1. The second kappa shape index (κ2) is 6.21. The van der Waals surface area contributed by atoms with Gasteiger partial charge in [-0.25, -0.2) is 4.98 Å². The number of nitrogens with zero attached hydrogens (tertiary/aromatic N) is 2. The number of nitro benzene ring substituents is 1. The Morgan fingerprint density at radius 1 is 1.42 bits per heavy atom. The summed E-state index contributed by atoms with van der Waals surface area (Å²) >= 11 is 7.41. The first-order valence-electron chi connectivity index (χ1n) is 5.84. The van der Waals surface area contributed by atoms with Crippen LogP contribution in [0.3, 0.4) is 0 Å². The summed E-state index contributed by atoms with van der Waals surface area (Å²) in [6.07, 6.45) is 0. The minimum absolute atomic E-state index is 0.0884. The lowest BCUT2D eigenvalue weighted by molar-refractivity contribution is -0.384. The van der Waals surface area contributed by atoms with Crippen molar-refractivity contribution in [2.45, 2.75) is 11.9 Å². The number of thioether (sulfide) groups is 1. The number of halogens is 1. The van der Waals surface area contributed by atoms with Crippen LogP contribution < -0.4 is 0 Å². The zero-order valence-corrected chi connectivity index (χ0v) is 11.9. The van der Waals surface area contributed by atoms with Crippen LogP contribution in [-0.4, -0.2) is 21.5 Å². The minimum Gasteiger partial charge on any atom is -0.258 e. The number of non-ortho nitro benzene ring substituents is 1. The van der Waals surface area contributed by atoms with Gasteiger partial charge in [0.1, 0.15) is 0 Å². The fraction of sp³-hybridized carbons (Fsp3) is 0.308. The maximum Gasteiger partial charge on any atom is 0.270 e. The normalized spacial score (nSPS) is 12.5. The van der Waals surface area contributed by atoms with Crippen LogP contribution in [0.1, 0.15) is 6.92 Å². The van der Waals surface area contributed by atoms with Crippen molar-refractivity contribution in [1.82, 2.24) is 4.98 Å². The summed E-state index contributed by atoms with van der Waals surface area (Å²) in [5, 5.41) is 12.4. The standard InChI is InChI=1S/C13H13ClN2O2S/c1-9(7-14)8-19-13-5-2-10-6-11(16(17)18)3-4-12(10)15-13/h2-6,9H,7-8H2,1H3. The van der Waals surface area contributed by atoms with Gasteiger partial charge in [0.15, 0.2) is 0 Å². The molecular weight excluding hydrogens is 284 g/mol. The average Bonchev–Trinajstić information content (AvgIpc) is 2.43. The van der Waals surface area contributed by atoms with E-state index in [1.54, 1.807) is 17.8 Å². The highest BCUT2D eigenvalue weighted by atomic mass is 35.5. The Bertz CT molecular complexity index is 606. The molecule has 1 aromatic heterocycles. The van der Waals surface area contributed by atoms with Crippen molar-refractivity contribution in [3.63, 3.8) is 0 Å². The van der Waals surface area contributed by atoms with Crippen molar-refractivity contribution in [2.75, 3.05) is 11.6 Å². The molecule has 100 valence electrons. The maximum atomic E-state index is 10.7. The fourth-order valence-electron chi connectivity index (χ4n) is 1.56. The second-order valence-corrected chi connectivity index (χ2v) is 5.70. The molecule has 2 rings (SSSR count). The van der Waals surface area contributed by atoms with Crippen molar-refractivity contribution in [2.24, 2.45) is 5.92 Å². The predicted octanol–water partition coefficient (Wildman–Crippen LogP) is 4.11. The van der Waals surface area contributed by atoms with E-state index in [4.69, 9.17) is 11.6 Å². The summed E-state index contributed by atoms with van der Waals surface area (Å²) in [6.45, 7) is 2.09. The molecule has 0 N–H and O–H groups in total. The average molecular weight is 297 g/mol. The lowest BCUT2D eigenvalue weighted by atomic mass is 10.2. The molecule has 6 heteroatoms. The van der Waals surface area contributed by atoms with Crippen LogP contribution in [0.15, 0.2) is 35.4 Å². The smallest absolute Gasteiger partial charge is 0.258 e. The number of pyridine rings is 1. The molecule has 0 fully saturated rings. The summed E-state index contributed by atoms with van der Waals surface area (Å²) in [5.74, 6) is 1.97. The summed E-state index contributed by atoms with van der Waals surface area (Å²) in [7, 11) is 0. The third kappa shape index (κ3) is 3.58. The Morgan fingerprint density at radius 3 is 2.89 bits per heavy atom. The quantitative estimate of drug-likeness (QED) is 0.360. The zero-order valence-electron chi connectivity index (χ0n) is 10.4. The third-order valence-electron chi connectivity index (χ3n) is 2.64. The lowest BCUT2D eigenvalue weighted by Gasteiger charge is -2.06. The summed E-state index contributed by atoms with van der Waals surface area (Å²) in [5.41, 5.74) is 0.861. The largest absolute Gasteiger partial charge is 0.270 e. The molecule has 2 aromatic rings. The van der Waals surface area contributed by atoms with Gasteiger partial charge in [-0.05, 0) is 24.1 Å². The van der Waals surface area contributed by atoms with Gasteiger partial charge in [-0.3, -0.25) is 10.1 Å². The molecule has 0 saturated heterocycles. The number of hydrogen-bond acceptors (Lipinski definition) is 4. The molecule has 0 aliphatic carbocycles. The van der Waals surface area contributed by atoms with Gasteiger partial charge in [0.05, 0.1) is 15.5 Å². The fourth-order valence-corrected chi connectivity index (χ4v) is 2.70. The second-order valence-electron chi connectivity index (χ2n) is 4.35. The molecule has 0 radical (unpaired) electrons. The van der Waals surface area contributed by atoms with Crippen molar-refractivity contribution >= 4 is 40.0 Å². The Balaban J connectivity index is 2.21. The van der Waals surface area contributed by atoms with Crippen LogP contribution in [-0.2, 0) is 0 Å². The van der Waals surface area contributed by atoms with Crippen molar-refractivity contribution in [1.29, 1.82) is 0 Å². The molecule has 0 spiro atoms. The van der Waals surface area contributed by atoms with E-state index in [9.17, 15) is 10.1 Å². The monoisotopic (exact) mass is 296 g/mol. The maximum absolute atomic E-state index is 10.7. The minimum atomic E-state index is -0.399. The molecule has 1 unspecified atom stereocenters. The van der Waals surface area contributed by atoms with Gasteiger partial charge in [-0.2, -0.15) is 0 Å². The van der Waals surface area contributed by atoms with E-state index in [-0.39, 0.29) is 5.69 Å². The molecule has 0 aliphatic heterocycles. The number of nitro groups is 1. The molecule has 4 nitrogen and oxygen atoms in total.